The van der Waals surface area contributed by atoms with Crippen molar-refractivity contribution < 1.29 is 9.59 Å². The SMILES string of the molecule is CN(C)CCCN1C(=O)C=CC1=O. The van der Waals surface area contributed by atoms with Gasteiger partial charge in [-0.1, -0.05) is 0 Å². The van der Waals surface area contributed by atoms with Crippen molar-refractivity contribution in [3.8, 4) is 0 Å². The number of nitrogens with zero attached hydrogens (tertiary/aromatic N) is 2. The van der Waals surface area contributed by atoms with Crippen molar-refractivity contribution in [3.63, 3.8) is 0 Å². The Kier molecular flexibility index (Phi) is 3.19. The molecule has 0 aromatic rings. The summed E-state index contributed by atoms with van der Waals surface area (Å²) in [5, 5.41) is 0. The Labute approximate surface area is 77.8 Å². The molecule has 0 spiro atoms. The number of carbonyl (C=O) groups is 2. The third-order valence-electron chi connectivity index (χ3n) is 1.89. The van der Waals surface area contributed by atoms with E-state index in [4.69, 9.17) is 0 Å². The van der Waals surface area contributed by atoms with E-state index in [2.05, 4.69) is 0 Å². The van der Waals surface area contributed by atoms with Crippen LogP contribution in [0.4, 0.5) is 0 Å². The molecule has 2 amide bonds. The zero-order valence-corrected chi connectivity index (χ0v) is 7.99. The average molecular weight is 182 g/mol. The Hall–Kier alpha value is -1.16. The van der Waals surface area contributed by atoms with Gasteiger partial charge < -0.3 is 4.90 Å². The van der Waals surface area contributed by atoms with Crippen molar-refractivity contribution in [3.05, 3.63) is 12.2 Å². The first kappa shape index (κ1) is 9.92. The second kappa shape index (κ2) is 4.18. The molecule has 0 unspecified atom stereocenters. The highest BCUT2D eigenvalue weighted by atomic mass is 16.2. The Morgan fingerprint density at radius 3 is 2.23 bits per heavy atom. The van der Waals surface area contributed by atoms with Gasteiger partial charge in [-0.3, -0.25) is 14.5 Å². The molecule has 4 nitrogen and oxygen atoms in total. The highest BCUT2D eigenvalue weighted by molar-refractivity contribution is 6.12. The van der Waals surface area contributed by atoms with E-state index < -0.39 is 0 Å². The van der Waals surface area contributed by atoms with Crippen LogP contribution < -0.4 is 0 Å². The topological polar surface area (TPSA) is 40.6 Å². The molecule has 1 heterocycles. The van der Waals surface area contributed by atoms with Crippen LogP contribution in [-0.2, 0) is 9.59 Å². The predicted octanol–water partition coefficient (Wildman–Crippen LogP) is -0.137. The van der Waals surface area contributed by atoms with E-state index in [-0.39, 0.29) is 11.8 Å². The van der Waals surface area contributed by atoms with Gasteiger partial charge >= 0.3 is 0 Å². The molecule has 0 bridgehead atoms. The molecule has 0 aromatic carbocycles. The smallest absolute Gasteiger partial charge is 0.253 e. The second-order valence-electron chi connectivity index (χ2n) is 3.32. The van der Waals surface area contributed by atoms with Crippen LogP contribution in [0.25, 0.3) is 0 Å². The summed E-state index contributed by atoms with van der Waals surface area (Å²) in [7, 11) is 3.93. The van der Waals surface area contributed by atoms with E-state index in [1.165, 1.54) is 17.1 Å². The summed E-state index contributed by atoms with van der Waals surface area (Å²) in [6.45, 7) is 1.40. The molecule has 0 aliphatic carbocycles. The summed E-state index contributed by atoms with van der Waals surface area (Å²) in [5.41, 5.74) is 0. The van der Waals surface area contributed by atoms with Crippen molar-refractivity contribution in [2.45, 2.75) is 6.42 Å². The molecule has 0 aromatic heterocycles. The molecule has 72 valence electrons. The van der Waals surface area contributed by atoms with Crippen LogP contribution >= 0.6 is 0 Å². The maximum Gasteiger partial charge on any atom is 0.253 e. The number of hydrogen-bond donors (Lipinski definition) is 0. The van der Waals surface area contributed by atoms with E-state index in [0.717, 1.165) is 13.0 Å². The molecule has 0 N–H and O–H groups in total. The van der Waals surface area contributed by atoms with Gasteiger partial charge in [0.15, 0.2) is 0 Å². The number of hydrogen-bond acceptors (Lipinski definition) is 3. The number of amides is 2. The van der Waals surface area contributed by atoms with Crippen molar-refractivity contribution in [1.29, 1.82) is 0 Å². The minimum Gasteiger partial charge on any atom is -0.309 e. The zero-order chi connectivity index (χ0) is 9.84. The molecule has 4 heteroatoms. The Balaban J connectivity index is 2.30. The maximum absolute atomic E-state index is 11.1. The van der Waals surface area contributed by atoms with E-state index in [1.54, 1.807) is 0 Å². The van der Waals surface area contributed by atoms with Crippen LogP contribution in [-0.4, -0.2) is 48.8 Å². The first-order valence-corrected chi connectivity index (χ1v) is 4.29. The summed E-state index contributed by atoms with van der Waals surface area (Å²) >= 11 is 0. The summed E-state index contributed by atoms with van der Waals surface area (Å²) < 4.78 is 0. The summed E-state index contributed by atoms with van der Waals surface area (Å²) in [4.78, 5) is 25.4. The molecule has 0 radical (unpaired) electrons. The van der Waals surface area contributed by atoms with E-state index in [0.29, 0.717) is 6.54 Å². The summed E-state index contributed by atoms with van der Waals surface area (Å²) in [6, 6.07) is 0. The molecule has 0 atom stereocenters. The van der Waals surface area contributed by atoms with Crippen molar-refractivity contribution >= 4 is 11.8 Å². The van der Waals surface area contributed by atoms with Crippen molar-refractivity contribution in [1.82, 2.24) is 9.80 Å². The fraction of sp³-hybridized carbons (Fsp3) is 0.556. The van der Waals surface area contributed by atoms with Gasteiger partial charge in [-0.15, -0.1) is 0 Å². The van der Waals surface area contributed by atoms with Gasteiger partial charge in [-0.25, -0.2) is 0 Å². The normalized spacial score (nSPS) is 16.4. The fourth-order valence-electron chi connectivity index (χ4n) is 1.20. The van der Waals surface area contributed by atoms with Gasteiger partial charge in [0.05, 0.1) is 0 Å². The van der Waals surface area contributed by atoms with Crippen LogP contribution in [0.2, 0.25) is 0 Å². The lowest BCUT2D eigenvalue weighted by Crippen LogP contribution is -2.32. The lowest BCUT2D eigenvalue weighted by molar-refractivity contribution is -0.136. The number of imide groups is 1. The molecule has 1 aliphatic heterocycles. The minimum absolute atomic E-state index is 0.191. The van der Waals surface area contributed by atoms with Crippen LogP contribution in [0, 0.1) is 0 Å². The summed E-state index contributed by atoms with van der Waals surface area (Å²) in [6.07, 6.45) is 3.46. The van der Waals surface area contributed by atoms with Crippen LogP contribution in [0.5, 0.6) is 0 Å². The highest BCUT2D eigenvalue weighted by Crippen LogP contribution is 2.03. The second-order valence-corrected chi connectivity index (χ2v) is 3.32. The average Bonchev–Trinajstić information content (AvgIpc) is 2.34. The quantitative estimate of drug-likeness (QED) is 0.568. The zero-order valence-electron chi connectivity index (χ0n) is 7.99. The van der Waals surface area contributed by atoms with E-state index in [1.807, 2.05) is 19.0 Å². The van der Waals surface area contributed by atoms with Gasteiger partial charge in [-0.2, -0.15) is 0 Å². The van der Waals surface area contributed by atoms with Gasteiger partial charge in [0.1, 0.15) is 0 Å². The molecular weight excluding hydrogens is 168 g/mol. The molecule has 0 saturated heterocycles. The molecule has 13 heavy (non-hydrogen) atoms. The number of rotatable bonds is 4. The van der Waals surface area contributed by atoms with E-state index >= 15 is 0 Å². The Morgan fingerprint density at radius 2 is 1.77 bits per heavy atom. The third kappa shape index (κ3) is 2.66. The standard InChI is InChI=1S/C9H14N2O2/c1-10(2)6-3-7-11-8(12)4-5-9(11)13/h4-5H,3,6-7H2,1-2H3. The Bertz CT molecular complexity index is 228. The van der Waals surface area contributed by atoms with Gasteiger partial charge in [0.2, 0.25) is 0 Å². The highest BCUT2D eigenvalue weighted by Gasteiger charge is 2.22. The molecule has 1 rings (SSSR count). The first-order valence-electron chi connectivity index (χ1n) is 4.29. The fourth-order valence-corrected chi connectivity index (χ4v) is 1.20. The van der Waals surface area contributed by atoms with Gasteiger partial charge in [0.25, 0.3) is 11.8 Å². The van der Waals surface area contributed by atoms with Crippen molar-refractivity contribution in [2.24, 2.45) is 0 Å². The molecule has 0 saturated carbocycles. The minimum atomic E-state index is -0.191. The third-order valence-corrected chi connectivity index (χ3v) is 1.89. The van der Waals surface area contributed by atoms with Crippen LogP contribution in [0.1, 0.15) is 6.42 Å². The monoisotopic (exact) mass is 182 g/mol. The predicted molar refractivity (Wildman–Crippen MR) is 49.0 cm³/mol. The van der Waals surface area contributed by atoms with E-state index in [9.17, 15) is 9.59 Å². The van der Waals surface area contributed by atoms with Crippen molar-refractivity contribution in [2.75, 3.05) is 27.2 Å². The number of carbonyl (C=O) groups excluding carboxylic acids is 2. The maximum atomic E-state index is 11.1. The molecule has 0 fully saturated rings. The molecular formula is C9H14N2O2. The van der Waals surface area contributed by atoms with Crippen LogP contribution in [0.15, 0.2) is 12.2 Å². The lowest BCUT2D eigenvalue weighted by Gasteiger charge is -2.15. The van der Waals surface area contributed by atoms with Gasteiger partial charge in [-0.05, 0) is 27.1 Å². The van der Waals surface area contributed by atoms with Crippen LogP contribution in [0.3, 0.4) is 0 Å². The Morgan fingerprint density at radius 1 is 1.23 bits per heavy atom. The molecule has 1 aliphatic rings. The van der Waals surface area contributed by atoms with Gasteiger partial charge in [0, 0.05) is 18.7 Å². The lowest BCUT2D eigenvalue weighted by atomic mass is 10.3. The first-order chi connectivity index (χ1) is 6.11. The summed E-state index contributed by atoms with van der Waals surface area (Å²) in [5.74, 6) is -0.382. The largest absolute Gasteiger partial charge is 0.309 e.